The Bertz CT molecular complexity index is 3590. The predicted molar refractivity (Wildman–Crippen MR) is 272 cm³/mol. The average Bonchev–Trinajstić information content (AvgIpc) is 4.09. The maximum atomic E-state index is 14.0. The van der Waals surface area contributed by atoms with E-state index in [1.54, 1.807) is 138 Å². The Balaban J connectivity index is 1.05. The van der Waals surface area contributed by atoms with Crippen molar-refractivity contribution in [2.75, 3.05) is 28.4 Å². The van der Waals surface area contributed by atoms with Crippen molar-refractivity contribution in [3.05, 3.63) is 200 Å². The molecule has 3 aliphatic rings. The molecule has 0 fully saturated rings. The largest absolute Gasteiger partial charge is 0.497 e. The van der Waals surface area contributed by atoms with E-state index < -0.39 is 23.9 Å². The molecule has 8 aromatic carbocycles. The zero-order valence-corrected chi connectivity index (χ0v) is 40.7. The fraction of sp³-hybridized carbons (Fsp3) is 0.148. The van der Waals surface area contributed by atoms with Crippen molar-refractivity contribution in [3.63, 3.8) is 0 Å². The monoisotopic (exact) mass is 970 g/mol. The molecule has 362 valence electrons. The minimum absolute atomic E-state index is 0.0576. The number of methoxy groups -OCH3 is 4. The van der Waals surface area contributed by atoms with Gasteiger partial charge in [0, 0.05) is 0 Å². The van der Waals surface area contributed by atoms with E-state index in [1.807, 2.05) is 26.0 Å². The third-order valence-electron chi connectivity index (χ3n) is 13.8. The molecule has 0 bridgehead atoms. The van der Waals surface area contributed by atoms with Crippen LogP contribution in [-0.2, 0) is 19.3 Å². The molecule has 0 unspecified atom stereocenters. The summed E-state index contributed by atoms with van der Waals surface area (Å²) in [6, 6.07) is 38.3. The Kier molecular flexibility index (Phi) is 11.7. The molecule has 73 heavy (non-hydrogen) atoms. The molecule has 0 spiro atoms. The van der Waals surface area contributed by atoms with Crippen LogP contribution in [0.3, 0.4) is 0 Å². The Morgan fingerprint density at radius 1 is 0.329 bits per heavy atom. The molecule has 0 aromatic heterocycles. The first-order valence-corrected chi connectivity index (χ1v) is 23.5. The van der Waals surface area contributed by atoms with Gasteiger partial charge in [-0.1, -0.05) is 6.07 Å². The van der Waals surface area contributed by atoms with Crippen LogP contribution in [0, 0.1) is 13.8 Å². The van der Waals surface area contributed by atoms with Gasteiger partial charge >= 0.3 is 23.9 Å². The van der Waals surface area contributed by atoms with E-state index in [9.17, 15) is 19.2 Å². The number of aryl methyl sites for hydroxylation is 2. The first-order chi connectivity index (χ1) is 35.4. The van der Waals surface area contributed by atoms with Gasteiger partial charge in [0.25, 0.3) is 0 Å². The van der Waals surface area contributed by atoms with Gasteiger partial charge in [-0.05, 0) is 238 Å². The second-order valence-corrected chi connectivity index (χ2v) is 18.1. The summed E-state index contributed by atoms with van der Waals surface area (Å²) in [5.74, 6) is 1.09. The number of carbonyl (C=O) groups is 4. The van der Waals surface area contributed by atoms with Gasteiger partial charge in [-0.3, -0.25) is 0 Å². The van der Waals surface area contributed by atoms with Gasteiger partial charge in [0.05, 0.1) is 50.7 Å². The van der Waals surface area contributed by atoms with Gasteiger partial charge in [0.1, 0.15) is 34.5 Å². The first-order valence-electron chi connectivity index (χ1n) is 23.5. The second kappa shape index (κ2) is 18.5. The third-order valence-corrected chi connectivity index (χ3v) is 13.8. The van der Waals surface area contributed by atoms with E-state index in [2.05, 4.69) is 12.1 Å². The van der Waals surface area contributed by atoms with E-state index in [0.717, 1.165) is 77.9 Å². The van der Waals surface area contributed by atoms with Gasteiger partial charge in [0.15, 0.2) is 11.5 Å². The number of fused-ring (bicyclic) bond motifs is 12. The highest BCUT2D eigenvalue weighted by atomic mass is 16.6. The van der Waals surface area contributed by atoms with Crippen molar-refractivity contribution in [3.8, 4) is 79.4 Å². The minimum atomic E-state index is -0.658. The quantitative estimate of drug-likeness (QED) is 0.0849. The molecule has 11 rings (SSSR count). The summed E-state index contributed by atoms with van der Waals surface area (Å²) in [6.45, 7) is 3.85. The van der Waals surface area contributed by atoms with Crippen LogP contribution in [0.4, 0.5) is 0 Å². The summed E-state index contributed by atoms with van der Waals surface area (Å²) in [5.41, 5.74) is 14.7. The Hall–Kier alpha value is -9.16. The molecular formula is C61H46O12. The minimum Gasteiger partial charge on any atom is -0.497 e. The fourth-order valence-corrected chi connectivity index (χ4v) is 10.1. The fourth-order valence-electron chi connectivity index (χ4n) is 10.1. The molecule has 3 aliphatic carbocycles. The topological polar surface area (TPSA) is 142 Å². The van der Waals surface area contributed by atoms with Crippen LogP contribution in [0.25, 0.3) is 33.4 Å². The molecule has 0 heterocycles. The molecule has 0 radical (unpaired) electrons. The predicted octanol–water partition coefficient (Wildman–Crippen LogP) is 11.9. The lowest BCUT2D eigenvalue weighted by molar-refractivity contribution is 0.0682. The molecular weight excluding hydrogens is 925 g/mol. The molecule has 0 N–H and O–H groups in total. The molecule has 0 atom stereocenters. The van der Waals surface area contributed by atoms with Gasteiger partial charge < -0.3 is 37.9 Å². The molecule has 0 saturated heterocycles. The number of esters is 4. The summed E-state index contributed by atoms with van der Waals surface area (Å²) in [6.07, 6.45) is 1.54. The third kappa shape index (κ3) is 8.36. The molecule has 0 saturated carbocycles. The second-order valence-electron chi connectivity index (χ2n) is 18.1. The maximum Gasteiger partial charge on any atom is 0.343 e. The van der Waals surface area contributed by atoms with E-state index in [4.69, 9.17) is 37.9 Å². The SMILES string of the molecule is COc1ccc(C(=O)Oc2cc3c(cc2C)-c2c(c4c(c5c2Cc2cc(OC(=O)c6ccc(OC)cc6)c(OC(=O)c6ccc(OC)cc6)cc2-5)Cc2cc(C)c(OC(=O)c5ccc(OC)cc5)cc2-4)C3)cc1. The van der Waals surface area contributed by atoms with E-state index in [-0.39, 0.29) is 22.6 Å². The summed E-state index contributed by atoms with van der Waals surface area (Å²) in [7, 11) is 6.22. The van der Waals surface area contributed by atoms with E-state index in [0.29, 0.717) is 64.9 Å². The average molecular weight is 971 g/mol. The van der Waals surface area contributed by atoms with Gasteiger partial charge in [0.2, 0.25) is 0 Å². The van der Waals surface area contributed by atoms with Crippen LogP contribution in [0.15, 0.2) is 133 Å². The van der Waals surface area contributed by atoms with E-state index in [1.165, 1.54) is 0 Å². The normalized spacial score (nSPS) is 12.0. The zero-order valence-electron chi connectivity index (χ0n) is 40.7. The molecule has 8 aromatic rings. The van der Waals surface area contributed by atoms with Crippen LogP contribution in [0.5, 0.6) is 46.0 Å². The number of rotatable bonds is 12. The van der Waals surface area contributed by atoms with Crippen LogP contribution in [0.2, 0.25) is 0 Å². The summed E-state index contributed by atoms with van der Waals surface area (Å²) in [5, 5.41) is 0. The lowest BCUT2D eigenvalue weighted by Crippen LogP contribution is -2.13. The highest BCUT2D eigenvalue weighted by Gasteiger charge is 2.39. The van der Waals surface area contributed by atoms with Crippen LogP contribution >= 0.6 is 0 Å². The van der Waals surface area contributed by atoms with Crippen LogP contribution < -0.4 is 37.9 Å². The standard InChI is InChI=1S/C61H46O12/c1-32-23-38-25-48-56(46(38)30-52(32)71-59(63)35-9-17-42(67-4)18-10-35)49-26-39-28-51(70-58(62)34-7-15-41(66-3)16-8-34)33(2)24-45(39)55(49)50-27-40-29-53(72-60(64)36-11-19-43(68-5)20-12-36)54(31-47(40)57(48)50)73-61(65)37-13-21-44(69-6)22-14-37/h7-24,28-31H,25-27H2,1-6H3. The van der Waals surface area contributed by atoms with Crippen molar-refractivity contribution < 1.29 is 57.1 Å². The molecule has 12 nitrogen and oxygen atoms in total. The summed E-state index contributed by atoms with van der Waals surface area (Å²) < 4.78 is 45.8. The Morgan fingerprint density at radius 3 is 0.945 bits per heavy atom. The first kappa shape index (κ1) is 46.2. The lowest BCUT2D eigenvalue weighted by atomic mass is 9.86. The number of carbonyl (C=O) groups excluding carboxylic acids is 4. The van der Waals surface area contributed by atoms with Gasteiger partial charge in [-0.15, -0.1) is 0 Å². The van der Waals surface area contributed by atoms with Crippen LogP contribution in [0.1, 0.15) is 85.9 Å². The Labute approximate surface area is 420 Å². The number of hydrogen-bond acceptors (Lipinski definition) is 12. The van der Waals surface area contributed by atoms with Gasteiger partial charge in [-0.25, -0.2) is 19.2 Å². The van der Waals surface area contributed by atoms with Crippen LogP contribution in [-0.4, -0.2) is 52.3 Å². The van der Waals surface area contributed by atoms with Crippen molar-refractivity contribution >= 4 is 23.9 Å². The summed E-state index contributed by atoms with van der Waals surface area (Å²) in [4.78, 5) is 55.0. The van der Waals surface area contributed by atoms with E-state index >= 15 is 0 Å². The van der Waals surface area contributed by atoms with Crippen molar-refractivity contribution in [2.45, 2.75) is 33.1 Å². The van der Waals surface area contributed by atoms with Gasteiger partial charge in [-0.2, -0.15) is 0 Å². The Morgan fingerprint density at radius 2 is 0.589 bits per heavy atom. The van der Waals surface area contributed by atoms with Crippen molar-refractivity contribution in [2.24, 2.45) is 0 Å². The number of benzene rings is 8. The number of ether oxygens (including phenoxy) is 8. The zero-order chi connectivity index (χ0) is 50.7. The lowest BCUT2D eigenvalue weighted by Gasteiger charge is -2.18. The number of hydrogen-bond donors (Lipinski definition) is 0. The molecule has 0 aliphatic heterocycles. The molecule has 0 amide bonds. The van der Waals surface area contributed by atoms with Crippen molar-refractivity contribution in [1.29, 1.82) is 0 Å². The maximum absolute atomic E-state index is 14.0. The highest BCUT2D eigenvalue weighted by molar-refractivity contribution is 6.03. The summed E-state index contributed by atoms with van der Waals surface area (Å²) >= 11 is 0. The molecule has 12 heteroatoms. The van der Waals surface area contributed by atoms with Crippen molar-refractivity contribution in [1.82, 2.24) is 0 Å². The highest BCUT2D eigenvalue weighted by Crippen LogP contribution is 2.58. The smallest absolute Gasteiger partial charge is 0.343 e.